The molecule has 3 rings (SSSR count). The predicted molar refractivity (Wildman–Crippen MR) is 81.7 cm³/mol. The van der Waals surface area contributed by atoms with Crippen LogP contribution in [0.5, 0.6) is 0 Å². The molecule has 0 amide bonds. The average Bonchev–Trinajstić information content (AvgIpc) is 2.39. The molecule has 0 unspecified atom stereocenters. The highest BCUT2D eigenvalue weighted by Crippen LogP contribution is 2.59. The molecule has 0 aromatic carbocycles. The fraction of sp³-hybridized carbons (Fsp3) is 0.833. The fourth-order valence-corrected chi connectivity index (χ4v) is 4.79. The smallest absolute Gasteiger partial charge is 0.302 e. The van der Waals surface area contributed by atoms with Crippen LogP contribution in [-0.4, -0.2) is 25.8 Å². The largest absolute Gasteiger partial charge is 0.465 e. The van der Waals surface area contributed by atoms with Gasteiger partial charge in [0.05, 0.1) is 19.8 Å². The number of ether oxygens (including phenoxy) is 2. The number of hydrogen-bond donors (Lipinski definition) is 0. The van der Waals surface area contributed by atoms with Crippen molar-refractivity contribution < 1.29 is 14.3 Å². The quantitative estimate of drug-likeness (QED) is 0.576. The standard InChI is InChI=1S/C18H28O3/c1-12-15-9-20-10-18(12,11-21-13(2)19)8-16-14(15)6-5-7-17(16,3)4/h6,12,15-16H,5,7-11H2,1-4H3/t12-,15-,16-,18+/m0/s1. The van der Waals surface area contributed by atoms with E-state index < -0.39 is 0 Å². The topological polar surface area (TPSA) is 35.5 Å². The molecular formula is C18H28O3. The molecule has 0 N–H and O–H groups in total. The molecule has 1 saturated carbocycles. The molecule has 0 radical (unpaired) electrons. The lowest BCUT2D eigenvalue weighted by Gasteiger charge is -2.58. The zero-order valence-electron chi connectivity index (χ0n) is 13.8. The molecule has 1 heterocycles. The number of allylic oxidation sites excluding steroid dienone is 1. The molecule has 1 aliphatic heterocycles. The molecule has 0 spiro atoms. The molecule has 3 nitrogen and oxygen atoms in total. The van der Waals surface area contributed by atoms with Gasteiger partial charge in [0.25, 0.3) is 0 Å². The van der Waals surface area contributed by atoms with E-state index >= 15 is 0 Å². The monoisotopic (exact) mass is 292 g/mol. The third kappa shape index (κ3) is 2.44. The fourth-order valence-electron chi connectivity index (χ4n) is 4.79. The Balaban J connectivity index is 1.93. The highest BCUT2D eigenvalue weighted by Gasteiger charge is 2.55. The second-order valence-corrected chi connectivity index (χ2v) is 8.04. The van der Waals surface area contributed by atoms with Gasteiger partial charge in [-0.25, -0.2) is 0 Å². The Labute approximate surface area is 128 Å². The van der Waals surface area contributed by atoms with Crippen molar-refractivity contribution in [1.29, 1.82) is 0 Å². The molecule has 1 saturated heterocycles. The Morgan fingerprint density at radius 2 is 2.24 bits per heavy atom. The number of fused-ring (bicyclic) bond motifs is 4. The van der Waals surface area contributed by atoms with E-state index in [1.165, 1.54) is 19.8 Å². The first-order valence-electron chi connectivity index (χ1n) is 8.27. The van der Waals surface area contributed by atoms with E-state index in [2.05, 4.69) is 26.8 Å². The normalized spacial score (nSPS) is 41.0. The van der Waals surface area contributed by atoms with E-state index in [0.29, 0.717) is 29.8 Å². The van der Waals surface area contributed by atoms with Gasteiger partial charge in [-0.2, -0.15) is 0 Å². The van der Waals surface area contributed by atoms with Crippen molar-refractivity contribution in [3.8, 4) is 0 Å². The van der Waals surface area contributed by atoms with Gasteiger partial charge in [-0.3, -0.25) is 4.79 Å². The summed E-state index contributed by atoms with van der Waals surface area (Å²) in [5.74, 6) is 1.48. The van der Waals surface area contributed by atoms with Crippen LogP contribution in [0.3, 0.4) is 0 Å². The van der Waals surface area contributed by atoms with Gasteiger partial charge in [-0.05, 0) is 36.5 Å². The third-order valence-electron chi connectivity index (χ3n) is 6.37. The van der Waals surface area contributed by atoms with Gasteiger partial charge in [0, 0.05) is 18.3 Å². The summed E-state index contributed by atoms with van der Waals surface area (Å²) in [5.41, 5.74) is 1.98. The molecule has 21 heavy (non-hydrogen) atoms. The first kappa shape index (κ1) is 15.1. The van der Waals surface area contributed by atoms with Crippen LogP contribution < -0.4 is 0 Å². The third-order valence-corrected chi connectivity index (χ3v) is 6.37. The van der Waals surface area contributed by atoms with Crippen LogP contribution in [0.25, 0.3) is 0 Å². The predicted octanol–water partition coefficient (Wildman–Crippen LogP) is 3.58. The summed E-state index contributed by atoms with van der Waals surface area (Å²) in [7, 11) is 0. The number of carbonyl (C=O) groups excluding carboxylic acids is 1. The highest BCUT2D eigenvalue weighted by molar-refractivity contribution is 5.65. The first-order valence-corrected chi connectivity index (χ1v) is 8.27. The number of carbonyl (C=O) groups is 1. The molecule has 3 aliphatic rings. The minimum Gasteiger partial charge on any atom is -0.465 e. The summed E-state index contributed by atoms with van der Waals surface area (Å²) in [6, 6.07) is 0. The van der Waals surface area contributed by atoms with Crippen LogP contribution in [0.2, 0.25) is 0 Å². The number of hydrogen-bond acceptors (Lipinski definition) is 3. The molecule has 2 fully saturated rings. The summed E-state index contributed by atoms with van der Waals surface area (Å²) >= 11 is 0. The second-order valence-electron chi connectivity index (χ2n) is 8.04. The maximum absolute atomic E-state index is 11.3. The molecule has 3 heteroatoms. The molecule has 0 aromatic rings. The van der Waals surface area contributed by atoms with E-state index in [1.54, 1.807) is 5.57 Å². The zero-order valence-corrected chi connectivity index (χ0v) is 13.8. The van der Waals surface area contributed by atoms with Gasteiger partial charge < -0.3 is 9.47 Å². The molecule has 118 valence electrons. The average molecular weight is 292 g/mol. The van der Waals surface area contributed by atoms with Gasteiger partial charge in [0.2, 0.25) is 0 Å². The SMILES string of the molecule is CC(=O)OC[C@]12COC[C@H](C3=CCCC(C)(C)[C@H]3C1)[C@@H]2C. The number of rotatable bonds is 2. The van der Waals surface area contributed by atoms with Gasteiger partial charge in [0.15, 0.2) is 0 Å². The number of esters is 1. The van der Waals surface area contributed by atoms with Crippen LogP contribution in [0, 0.1) is 28.6 Å². The summed E-state index contributed by atoms with van der Waals surface area (Å²) in [6.45, 7) is 10.7. The summed E-state index contributed by atoms with van der Waals surface area (Å²) in [6.07, 6.45) is 6.02. The van der Waals surface area contributed by atoms with Crippen LogP contribution in [0.1, 0.15) is 47.0 Å². The summed E-state index contributed by atoms with van der Waals surface area (Å²) in [5, 5.41) is 0. The van der Waals surface area contributed by atoms with E-state index in [9.17, 15) is 4.79 Å². The van der Waals surface area contributed by atoms with Crippen LogP contribution in [-0.2, 0) is 14.3 Å². The van der Waals surface area contributed by atoms with E-state index in [0.717, 1.165) is 19.6 Å². The Morgan fingerprint density at radius 1 is 1.48 bits per heavy atom. The first-order chi connectivity index (χ1) is 9.86. The maximum Gasteiger partial charge on any atom is 0.302 e. The van der Waals surface area contributed by atoms with E-state index in [1.807, 2.05) is 0 Å². The Bertz CT molecular complexity index is 465. The van der Waals surface area contributed by atoms with Crippen molar-refractivity contribution in [3.63, 3.8) is 0 Å². The zero-order chi connectivity index (χ0) is 15.3. The van der Waals surface area contributed by atoms with Crippen molar-refractivity contribution in [2.24, 2.45) is 28.6 Å². The van der Waals surface area contributed by atoms with Crippen LogP contribution in [0.4, 0.5) is 0 Å². The lowest BCUT2D eigenvalue weighted by molar-refractivity contribution is -0.166. The Hall–Kier alpha value is -0.830. The van der Waals surface area contributed by atoms with Crippen molar-refractivity contribution >= 4 is 5.97 Å². The lowest BCUT2D eigenvalue weighted by Crippen LogP contribution is -2.56. The van der Waals surface area contributed by atoms with Crippen LogP contribution in [0.15, 0.2) is 11.6 Å². The molecule has 2 aliphatic carbocycles. The van der Waals surface area contributed by atoms with Crippen molar-refractivity contribution in [2.75, 3.05) is 19.8 Å². The van der Waals surface area contributed by atoms with E-state index in [4.69, 9.17) is 9.47 Å². The minimum absolute atomic E-state index is 0.00516. The van der Waals surface area contributed by atoms with Crippen molar-refractivity contribution in [2.45, 2.75) is 47.0 Å². The summed E-state index contributed by atoms with van der Waals surface area (Å²) in [4.78, 5) is 11.3. The molecule has 0 aromatic heterocycles. The second kappa shape index (κ2) is 5.12. The Kier molecular flexibility index (Phi) is 3.67. The van der Waals surface area contributed by atoms with Crippen LogP contribution >= 0.6 is 0 Å². The van der Waals surface area contributed by atoms with Crippen molar-refractivity contribution in [1.82, 2.24) is 0 Å². The van der Waals surface area contributed by atoms with Crippen molar-refractivity contribution in [3.05, 3.63) is 11.6 Å². The highest BCUT2D eigenvalue weighted by atomic mass is 16.5. The molecule has 4 atom stereocenters. The van der Waals surface area contributed by atoms with Gasteiger partial charge in [-0.15, -0.1) is 0 Å². The lowest BCUT2D eigenvalue weighted by atomic mass is 9.50. The van der Waals surface area contributed by atoms with Gasteiger partial charge in [-0.1, -0.05) is 32.4 Å². The Morgan fingerprint density at radius 3 is 2.95 bits per heavy atom. The maximum atomic E-state index is 11.3. The van der Waals surface area contributed by atoms with Gasteiger partial charge in [0.1, 0.15) is 0 Å². The molecular weight excluding hydrogens is 264 g/mol. The van der Waals surface area contributed by atoms with E-state index in [-0.39, 0.29) is 11.4 Å². The van der Waals surface area contributed by atoms with Gasteiger partial charge >= 0.3 is 5.97 Å². The minimum atomic E-state index is -0.178. The summed E-state index contributed by atoms with van der Waals surface area (Å²) < 4.78 is 11.4. The molecule has 2 bridgehead atoms.